The quantitative estimate of drug-likeness (QED) is 0.803. The molecule has 98 valence electrons. The van der Waals surface area contributed by atoms with Crippen LogP contribution in [0.15, 0.2) is 0 Å². The van der Waals surface area contributed by atoms with E-state index in [2.05, 4.69) is 17.1 Å². The molecule has 0 aromatic heterocycles. The van der Waals surface area contributed by atoms with Crippen molar-refractivity contribution < 1.29 is 4.74 Å². The van der Waals surface area contributed by atoms with Crippen LogP contribution in [0, 0.1) is 11.8 Å². The summed E-state index contributed by atoms with van der Waals surface area (Å²) in [5.41, 5.74) is 0.407. The molecule has 3 aliphatic rings. The van der Waals surface area contributed by atoms with Crippen molar-refractivity contribution >= 4 is 0 Å². The van der Waals surface area contributed by atoms with Crippen LogP contribution in [0.1, 0.15) is 32.6 Å². The molecule has 0 aromatic rings. The van der Waals surface area contributed by atoms with E-state index in [1.54, 1.807) is 0 Å². The fraction of sp³-hybridized carbons (Fsp3) is 1.00. The topological polar surface area (TPSA) is 24.5 Å². The molecular weight excluding hydrogens is 212 g/mol. The minimum absolute atomic E-state index is 0.407. The monoisotopic (exact) mass is 238 g/mol. The van der Waals surface area contributed by atoms with Gasteiger partial charge in [-0.1, -0.05) is 0 Å². The van der Waals surface area contributed by atoms with Crippen molar-refractivity contribution in [2.45, 2.75) is 38.1 Å². The predicted molar refractivity (Wildman–Crippen MR) is 69.1 cm³/mol. The minimum atomic E-state index is 0.407. The molecule has 0 radical (unpaired) electrons. The van der Waals surface area contributed by atoms with Crippen molar-refractivity contribution in [3.05, 3.63) is 0 Å². The second-order valence-corrected chi connectivity index (χ2v) is 6.41. The predicted octanol–water partition coefficient (Wildman–Crippen LogP) is 1.49. The standard InChI is InChI=1S/C14H26N2O/c1-14(13-2-3-13)11-16(8-6-15-14)7-4-12-5-9-17-10-12/h12-13,15H,2-11H2,1H3. The van der Waals surface area contributed by atoms with Gasteiger partial charge in [0.15, 0.2) is 0 Å². The maximum absolute atomic E-state index is 5.46. The number of piperazine rings is 1. The highest BCUT2D eigenvalue weighted by Gasteiger charge is 2.43. The summed E-state index contributed by atoms with van der Waals surface area (Å²) < 4.78 is 5.46. The molecule has 2 aliphatic heterocycles. The fourth-order valence-corrected chi connectivity index (χ4v) is 3.46. The average Bonchev–Trinajstić information content (AvgIpc) is 3.06. The minimum Gasteiger partial charge on any atom is -0.381 e. The number of hydrogen-bond acceptors (Lipinski definition) is 3. The molecule has 2 saturated heterocycles. The first-order chi connectivity index (χ1) is 8.26. The molecule has 3 nitrogen and oxygen atoms in total. The Balaban J connectivity index is 1.46. The third-order valence-corrected chi connectivity index (χ3v) is 4.86. The van der Waals surface area contributed by atoms with Gasteiger partial charge in [0.1, 0.15) is 0 Å². The lowest BCUT2D eigenvalue weighted by atomic mass is 9.92. The number of nitrogens with one attached hydrogen (secondary N) is 1. The van der Waals surface area contributed by atoms with Crippen LogP contribution in [0.4, 0.5) is 0 Å². The first-order valence-corrected chi connectivity index (χ1v) is 7.31. The van der Waals surface area contributed by atoms with Crippen LogP contribution in [0.5, 0.6) is 0 Å². The summed E-state index contributed by atoms with van der Waals surface area (Å²) in [5, 5.41) is 3.75. The van der Waals surface area contributed by atoms with Crippen LogP contribution in [0.25, 0.3) is 0 Å². The van der Waals surface area contributed by atoms with Gasteiger partial charge in [0.05, 0.1) is 0 Å². The van der Waals surface area contributed by atoms with Crippen LogP contribution in [-0.4, -0.2) is 49.8 Å². The van der Waals surface area contributed by atoms with Crippen LogP contribution >= 0.6 is 0 Å². The molecule has 0 aromatic carbocycles. The third-order valence-electron chi connectivity index (χ3n) is 4.86. The summed E-state index contributed by atoms with van der Waals surface area (Å²) in [6.45, 7) is 9.36. The summed E-state index contributed by atoms with van der Waals surface area (Å²) in [6.07, 6.45) is 5.49. The summed E-state index contributed by atoms with van der Waals surface area (Å²) in [6, 6.07) is 0. The molecule has 2 heterocycles. The summed E-state index contributed by atoms with van der Waals surface area (Å²) in [4.78, 5) is 2.67. The van der Waals surface area contributed by atoms with Gasteiger partial charge in [-0.3, -0.25) is 0 Å². The Morgan fingerprint density at radius 3 is 2.94 bits per heavy atom. The van der Waals surface area contributed by atoms with E-state index < -0.39 is 0 Å². The van der Waals surface area contributed by atoms with E-state index in [9.17, 15) is 0 Å². The lowest BCUT2D eigenvalue weighted by molar-refractivity contribution is 0.118. The van der Waals surface area contributed by atoms with Gasteiger partial charge in [-0.25, -0.2) is 0 Å². The van der Waals surface area contributed by atoms with E-state index in [0.717, 1.165) is 25.0 Å². The number of ether oxygens (including phenoxy) is 1. The largest absolute Gasteiger partial charge is 0.381 e. The zero-order valence-electron chi connectivity index (χ0n) is 11.1. The van der Waals surface area contributed by atoms with Crippen LogP contribution < -0.4 is 5.32 Å². The summed E-state index contributed by atoms with van der Waals surface area (Å²) >= 11 is 0. The highest BCUT2D eigenvalue weighted by Crippen LogP contribution is 2.40. The lowest BCUT2D eigenvalue weighted by Gasteiger charge is -2.42. The van der Waals surface area contributed by atoms with Crippen molar-refractivity contribution in [2.24, 2.45) is 11.8 Å². The Hall–Kier alpha value is -0.120. The smallest absolute Gasteiger partial charge is 0.0495 e. The van der Waals surface area contributed by atoms with Gasteiger partial charge in [0.25, 0.3) is 0 Å². The SMILES string of the molecule is CC1(C2CC2)CN(CCC2CCOC2)CCN1. The van der Waals surface area contributed by atoms with Crippen molar-refractivity contribution in [2.75, 3.05) is 39.4 Å². The first-order valence-electron chi connectivity index (χ1n) is 7.31. The van der Waals surface area contributed by atoms with Crippen molar-refractivity contribution in [1.82, 2.24) is 10.2 Å². The maximum atomic E-state index is 5.46. The van der Waals surface area contributed by atoms with Crippen LogP contribution in [0.2, 0.25) is 0 Å². The van der Waals surface area contributed by atoms with Gasteiger partial charge in [0, 0.05) is 38.4 Å². The molecule has 3 heteroatoms. The van der Waals surface area contributed by atoms with E-state index >= 15 is 0 Å². The van der Waals surface area contributed by atoms with Crippen molar-refractivity contribution in [1.29, 1.82) is 0 Å². The highest BCUT2D eigenvalue weighted by molar-refractivity contribution is 5.02. The van der Waals surface area contributed by atoms with E-state index in [0.29, 0.717) is 5.54 Å². The Kier molecular flexibility index (Phi) is 3.42. The zero-order valence-corrected chi connectivity index (χ0v) is 11.1. The molecule has 17 heavy (non-hydrogen) atoms. The molecule has 0 spiro atoms. The number of hydrogen-bond donors (Lipinski definition) is 1. The van der Waals surface area contributed by atoms with Crippen molar-refractivity contribution in [3.8, 4) is 0 Å². The Morgan fingerprint density at radius 1 is 1.35 bits per heavy atom. The second-order valence-electron chi connectivity index (χ2n) is 6.41. The summed E-state index contributed by atoms with van der Waals surface area (Å²) in [5.74, 6) is 1.78. The fourth-order valence-electron chi connectivity index (χ4n) is 3.46. The Bertz CT molecular complexity index is 261. The molecule has 0 bridgehead atoms. The molecule has 3 fully saturated rings. The average molecular weight is 238 g/mol. The van der Waals surface area contributed by atoms with Gasteiger partial charge in [-0.2, -0.15) is 0 Å². The van der Waals surface area contributed by atoms with Crippen LogP contribution in [-0.2, 0) is 4.74 Å². The molecule has 2 atom stereocenters. The molecule has 2 unspecified atom stereocenters. The Morgan fingerprint density at radius 2 is 2.24 bits per heavy atom. The number of nitrogens with zero attached hydrogens (tertiary/aromatic N) is 1. The molecule has 3 rings (SSSR count). The Labute approximate surface area is 105 Å². The highest BCUT2D eigenvalue weighted by atomic mass is 16.5. The van der Waals surface area contributed by atoms with Gasteiger partial charge in [-0.15, -0.1) is 0 Å². The van der Waals surface area contributed by atoms with E-state index in [1.807, 2.05) is 0 Å². The number of rotatable bonds is 4. The molecular formula is C14H26N2O. The van der Waals surface area contributed by atoms with Gasteiger partial charge < -0.3 is 15.0 Å². The summed E-state index contributed by atoms with van der Waals surface area (Å²) in [7, 11) is 0. The molecule has 1 aliphatic carbocycles. The molecule has 1 N–H and O–H groups in total. The van der Waals surface area contributed by atoms with Gasteiger partial charge in [-0.05, 0) is 51.0 Å². The first kappa shape index (κ1) is 11.9. The normalized spacial score (nSPS) is 39.7. The van der Waals surface area contributed by atoms with E-state index in [1.165, 1.54) is 51.9 Å². The molecule has 1 saturated carbocycles. The molecule has 0 amide bonds. The zero-order chi connectivity index (χ0) is 11.7. The van der Waals surface area contributed by atoms with E-state index in [-0.39, 0.29) is 0 Å². The van der Waals surface area contributed by atoms with Gasteiger partial charge in [0.2, 0.25) is 0 Å². The van der Waals surface area contributed by atoms with Gasteiger partial charge >= 0.3 is 0 Å². The third kappa shape index (κ3) is 2.83. The van der Waals surface area contributed by atoms with E-state index in [4.69, 9.17) is 4.74 Å². The lowest BCUT2D eigenvalue weighted by Crippen LogP contribution is -2.60. The second kappa shape index (κ2) is 4.87. The van der Waals surface area contributed by atoms with Crippen LogP contribution in [0.3, 0.4) is 0 Å². The maximum Gasteiger partial charge on any atom is 0.0495 e. The van der Waals surface area contributed by atoms with Crippen molar-refractivity contribution in [3.63, 3.8) is 0 Å².